The van der Waals surface area contributed by atoms with Gasteiger partial charge < -0.3 is 14.5 Å². The molecule has 0 unspecified atom stereocenters. The highest BCUT2D eigenvalue weighted by molar-refractivity contribution is 6.12. The summed E-state index contributed by atoms with van der Waals surface area (Å²) >= 11 is 0. The fourth-order valence-corrected chi connectivity index (χ4v) is 2.43. The maximum Gasteiger partial charge on any atom is 0.408 e. The molecule has 1 aromatic heterocycles. The Morgan fingerprint density at radius 2 is 1.88 bits per heavy atom. The molecule has 2 heterocycles. The smallest absolute Gasteiger partial charge is 0.408 e. The topological polar surface area (TPSA) is 115 Å². The highest BCUT2D eigenvalue weighted by Gasteiger charge is 2.25. The molecule has 1 N–H and O–H groups in total. The van der Waals surface area contributed by atoms with Crippen LogP contribution in [0.3, 0.4) is 0 Å². The number of rotatable bonds is 7. The lowest BCUT2D eigenvalue weighted by molar-refractivity contribution is -0.136. The molecule has 0 fully saturated rings. The number of nitrogens with zero attached hydrogens (tertiary/aromatic N) is 3. The van der Waals surface area contributed by atoms with Crippen molar-refractivity contribution < 1.29 is 23.5 Å². The Kier molecular flexibility index (Phi) is 6.12. The predicted octanol–water partition coefficient (Wildman–Crippen LogP) is 2.04. The zero-order valence-corrected chi connectivity index (χ0v) is 15.4. The van der Waals surface area contributed by atoms with Crippen LogP contribution >= 0.6 is 0 Å². The van der Waals surface area contributed by atoms with Gasteiger partial charge in [0.05, 0.1) is 0 Å². The van der Waals surface area contributed by atoms with Crippen LogP contribution in [-0.2, 0) is 14.3 Å². The average Bonchev–Trinajstić information content (AvgIpc) is 3.08. The van der Waals surface area contributed by atoms with E-state index in [1.54, 1.807) is 27.7 Å². The largest absolute Gasteiger partial charge is 0.444 e. The Morgan fingerprint density at radius 3 is 2.42 bits per heavy atom. The first-order chi connectivity index (χ1) is 12.2. The van der Waals surface area contributed by atoms with Gasteiger partial charge in [-0.1, -0.05) is 0 Å². The second-order valence-electron chi connectivity index (χ2n) is 7.02. The molecule has 0 radical (unpaired) electrons. The van der Waals surface area contributed by atoms with Crippen LogP contribution in [0.2, 0.25) is 0 Å². The lowest BCUT2D eigenvalue weighted by Crippen LogP contribution is -2.35. The molecule has 3 amide bonds. The molecule has 142 valence electrons. The Labute approximate surface area is 151 Å². The molecule has 0 saturated carbocycles. The molecule has 0 aliphatic carbocycles. The second-order valence-corrected chi connectivity index (χ2v) is 7.02. The molecule has 0 saturated heterocycles. The number of unbranched alkanes of at least 4 members (excludes halogenated alkanes) is 1. The van der Waals surface area contributed by atoms with Crippen molar-refractivity contribution in [1.82, 2.24) is 20.4 Å². The molecule has 0 bridgehead atoms. The summed E-state index contributed by atoms with van der Waals surface area (Å²) in [6.07, 6.45) is 3.68. The van der Waals surface area contributed by atoms with Gasteiger partial charge in [-0.25, -0.2) is 4.79 Å². The monoisotopic (exact) mass is 364 g/mol. The van der Waals surface area contributed by atoms with Crippen LogP contribution in [0, 0.1) is 6.92 Å². The normalized spacial score (nSPS) is 15.5. The molecule has 1 aliphatic rings. The summed E-state index contributed by atoms with van der Waals surface area (Å²) in [5, 5.41) is 10.5. The lowest BCUT2D eigenvalue weighted by atomic mass is 10.1. The van der Waals surface area contributed by atoms with Crippen LogP contribution in [0.15, 0.2) is 16.6 Å². The number of nitrogens with one attached hydrogen (secondary N) is 1. The lowest BCUT2D eigenvalue weighted by Gasteiger charge is -2.22. The van der Waals surface area contributed by atoms with Crippen LogP contribution in [0.1, 0.15) is 57.9 Å². The summed E-state index contributed by atoms with van der Waals surface area (Å²) in [7, 11) is 0. The molecule has 0 aromatic carbocycles. The molecule has 2 rings (SSSR count). The van der Waals surface area contributed by atoms with Gasteiger partial charge in [-0.05, 0) is 40.0 Å². The fraction of sp³-hybridized carbons (Fsp3) is 0.588. The third-order valence-corrected chi connectivity index (χ3v) is 3.56. The van der Waals surface area contributed by atoms with Gasteiger partial charge in [0.1, 0.15) is 11.6 Å². The van der Waals surface area contributed by atoms with Crippen LogP contribution in [0.4, 0.5) is 4.79 Å². The van der Waals surface area contributed by atoms with Crippen LogP contribution in [0.5, 0.6) is 0 Å². The van der Waals surface area contributed by atoms with Crippen molar-refractivity contribution in [1.29, 1.82) is 0 Å². The number of aryl methyl sites for hydroxylation is 1. The van der Waals surface area contributed by atoms with E-state index in [4.69, 9.17) is 9.15 Å². The summed E-state index contributed by atoms with van der Waals surface area (Å²) in [5.74, 6) is 0.0931. The number of hydrogen-bond donors (Lipinski definition) is 1. The van der Waals surface area contributed by atoms with E-state index in [0.29, 0.717) is 37.6 Å². The Morgan fingerprint density at radius 1 is 1.23 bits per heavy atom. The first-order valence-electron chi connectivity index (χ1n) is 8.49. The predicted molar refractivity (Wildman–Crippen MR) is 90.9 cm³/mol. The average molecular weight is 364 g/mol. The van der Waals surface area contributed by atoms with Crippen molar-refractivity contribution in [3.63, 3.8) is 0 Å². The number of carbonyl (C=O) groups is 3. The first-order valence-corrected chi connectivity index (χ1v) is 8.49. The first kappa shape index (κ1) is 19.6. The molecular weight excluding hydrogens is 340 g/mol. The minimum Gasteiger partial charge on any atom is -0.444 e. The van der Waals surface area contributed by atoms with E-state index < -0.39 is 17.7 Å². The molecule has 1 aliphatic heterocycles. The number of ether oxygens (including phenoxy) is 1. The van der Waals surface area contributed by atoms with Gasteiger partial charge in [0.25, 0.3) is 11.8 Å². The summed E-state index contributed by atoms with van der Waals surface area (Å²) in [6, 6.07) is -0.505. The summed E-state index contributed by atoms with van der Waals surface area (Å²) in [6.45, 7) is 7.31. The Balaban J connectivity index is 1.89. The van der Waals surface area contributed by atoms with E-state index in [0.717, 1.165) is 0 Å². The maximum atomic E-state index is 12.0. The summed E-state index contributed by atoms with van der Waals surface area (Å²) in [5.41, 5.74) is -0.622. The molecule has 1 atom stereocenters. The minimum absolute atomic E-state index is 0.295. The van der Waals surface area contributed by atoms with Gasteiger partial charge in [0.15, 0.2) is 0 Å². The SMILES string of the molecule is Cc1nnc([C@H](CCCCN2C(=O)C=CC2=O)NC(=O)OC(C)(C)C)o1. The van der Waals surface area contributed by atoms with Crippen molar-refractivity contribution in [3.05, 3.63) is 23.9 Å². The van der Waals surface area contributed by atoms with Gasteiger partial charge in [0.2, 0.25) is 11.8 Å². The third-order valence-electron chi connectivity index (χ3n) is 3.56. The zero-order chi connectivity index (χ0) is 19.3. The van der Waals surface area contributed by atoms with E-state index >= 15 is 0 Å². The molecule has 0 spiro atoms. The number of carbonyl (C=O) groups excluding carboxylic acids is 3. The summed E-state index contributed by atoms with van der Waals surface area (Å²) < 4.78 is 10.7. The third kappa shape index (κ3) is 5.68. The molecular formula is C17H24N4O5. The number of imide groups is 1. The highest BCUT2D eigenvalue weighted by atomic mass is 16.6. The molecule has 1 aromatic rings. The van der Waals surface area contributed by atoms with E-state index in [1.807, 2.05) is 0 Å². The fourth-order valence-electron chi connectivity index (χ4n) is 2.43. The van der Waals surface area contributed by atoms with Crippen molar-refractivity contribution in [2.75, 3.05) is 6.54 Å². The highest BCUT2D eigenvalue weighted by Crippen LogP contribution is 2.20. The van der Waals surface area contributed by atoms with Gasteiger partial charge >= 0.3 is 6.09 Å². The number of amides is 3. The van der Waals surface area contributed by atoms with Crippen molar-refractivity contribution in [2.45, 2.75) is 58.6 Å². The van der Waals surface area contributed by atoms with Crippen LogP contribution in [-0.4, -0.2) is 45.2 Å². The maximum absolute atomic E-state index is 12.0. The van der Waals surface area contributed by atoms with E-state index in [-0.39, 0.29) is 11.8 Å². The second kappa shape index (κ2) is 8.11. The molecule has 9 nitrogen and oxygen atoms in total. The van der Waals surface area contributed by atoms with Gasteiger partial charge in [0, 0.05) is 25.6 Å². The zero-order valence-electron chi connectivity index (χ0n) is 15.4. The van der Waals surface area contributed by atoms with Crippen molar-refractivity contribution in [2.24, 2.45) is 0 Å². The molecule has 9 heteroatoms. The van der Waals surface area contributed by atoms with E-state index in [2.05, 4.69) is 15.5 Å². The number of alkyl carbamates (subject to hydrolysis) is 1. The Hall–Kier alpha value is -2.71. The quantitative estimate of drug-likeness (QED) is 0.581. The van der Waals surface area contributed by atoms with E-state index in [1.165, 1.54) is 17.1 Å². The van der Waals surface area contributed by atoms with Crippen molar-refractivity contribution >= 4 is 17.9 Å². The number of hydrogen-bond acceptors (Lipinski definition) is 7. The van der Waals surface area contributed by atoms with Crippen LogP contribution in [0.25, 0.3) is 0 Å². The minimum atomic E-state index is -0.622. The molecule has 26 heavy (non-hydrogen) atoms. The van der Waals surface area contributed by atoms with Gasteiger partial charge in [-0.15, -0.1) is 10.2 Å². The van der Waals surface area contributed by atoms with Gasteiger partial charge in [-0.3, -0.25) is 14.5 Å². The number of aromatic nitrogens is 2. The van der Waals surface area contributed by atoms with Crippen LogP contribution < -0.4 is 5.32 Å². The summed E-state index contributed by atoms with van der Waals surface area (Å²) in [4.78, 5) is 36.3. The van der Waals surface area contributed by atoms with Gasteiger partial charge in [-0.2, -0.15) is 0 Å². The standard InChI is InChI=1S/C17H24N4O5/c1-11-19-20-15(25-11)12(18-16(24)26-17(2,3)4)7-5-6-10-21-13(22)8-9-14(21)23/h8-9,12H,5-7,10H2,1-4H3,(H,18,24)/t12-/m0/s1. The Bertz CT molecular complexity index is 686. The van der Waals surface area contributed by atoms with E-state index in [9.17, 15) is 14.4 Å². The van der Waals surface area contributed by atoms with Crippen molar-refractivity contribution in [3.8, 4) is 0 Å².